The molecule has 13 heteroatoms. The van der Waals surface area contributed by atoms with Gasteiger partial charge in [-0.15, -0.1) is 0 Å². The molecule has 1 aromatic heterocycles. The van der Waals surface area contributed by atoms with E-state index in [1.165, 1.54) is 10.6 Å². The maximum Gasteiger partial charge on any atom is 0.414 e. The van der Waals surface area contributed by atoms with E-state index in [9.17, 15) is 13.2 Å². The summed E-state index contributed by atoms with van der Waals surface area (Å²) in [4.78, 5) is 31.0. The van der Waals surface area contributed by atoms with Gasteiger partial charge in [-0.1, -0.05) is 18.2 Å². The van der Waals surface area contributed by atoms with Gasteiger partial charge in [0.1, 0.15) is 0 Å². The number of carbonyl (C=O) groups is 3. The second kappa shape index (κ2) is 10.7. The number of carboxylic acids is 2. The van der Waals surface area contributed by atoms with Crippen molar-refractivity contribution in [1.82, 2.24) is 24.7 Å². The predicted molar refractivity (Wildman–Crippen MR) is 121 cm³/mol. The van der Waals surface area contributed by atoms with E-state index in [0.29, 0.717) is 25.2 Å². The molecule has 1 fully saturated rings. The fourth-order valence-electron chi connectivity index (χ4n) is 3.42. The van der Waals surface area contributed by atoms with Crippen molar-refractivity contribution in [2.45, 2.75) is 38.4 Å². The van der Waals surface area contributed by atoms with Crippen LogP contribution >= 0.6 is 0 Å². The number of nitrogens with one attached hydrogen (secondary N) is 2. The molecule has 2 heterocycles. The van der Waals surface area contributed by atoms with Crippen molar-refractivity contribution >= 4 is 38.8 Å². The topological polar surface area (TPSA) is 171 Å². The number of aromatic nitrogens is 2. The van der Waals surface area contributed by atoms with Gasteiger partial charge in [-0.05, 0) is 26.3 Å². The summed E-state index contributed by atoms with van der Waals surface area (Å²) < 4.78 is 26.3. The number of rotatable bonds is 6. The number of para-hydroxylation sites is 1. The number of sulfonamides is 1. The zero-order valence-corrected chi connectivity index (χ0v) is 19.7. The highest BCUT2D eigenvalue weighted by Crippen LogP contribution is 2.22. The molecule has 0 aliphatic carbocycles. The molecule has 12 nitrogen and oxygen atoms in total. The van der Waals surface area contributed by atoms with Gasteiger partial charge in [-0.3, -0.25) is 9.48 Å². The average molecular weight is 484 g/mol. The fraction of sp³-hybridized carbons (Fsp3) is 0.500. The molecule has 0 bridgehead atoms. The van der Waals surface area contributed by atoms with Crippen LogP contribution in [0.4, 0.5) is 0 Å². The molecule has 3 rings (SSSR count). The fourth-order valence-corrected chi connectivity index (χ4v) is 3.87. The summed E-state index contributed by atoms with van der Waals surface area (Å²) in [6, 6.07) is 7.83. The third-order valence-electron chi connectivity index (χ3n) is 5.10. The van der Waals surface area contributed by atoms with Gasteiger partial charge in [0.2, 0.25) is 10.0 Å². The molecule has 0 spiro atoms. The molecule has 33 heavy (non-hydrogen) atoms. The summed E-state index contributed by atoms with van der Waals surface area (Å²) in [5, 5.41) is 26.5. The first-order valence-corrected chi connectivity index (χ1v) is 12.0. The molecule has 2 aromatic rings. The van der Waals surface area contributed by atoms with E-state index in [0.717, 1.165) is 10.9 Å². The van der Waals surface area contributed by atoms with Gasteiger partial charge in [0.25, 0.3) is 5.91 Å². The largest absolute Gasteiger partial charge is 0.473 e. The minimum absolute atomic E-state index is 0.0139. The lowest BCUT2D eigenvalue weighted by Gasteiger charge is -2.19. The highest BCUT2D eigenvalue weighted by molar-refractivity contribution is 7.88. The quantitative estimate of drug-likeness (QED) is 0.417. The van der Waals surface area contributed by atoms with Crippen molar-refractivity contribution in [1.29, 1.82) is 0 Å². The molecule has 1 aromatic carbocycles. The van der Waals surface area contributed by atoms with Crippen LogP contribution in [-0.2, 0) is 19.6 Å². The van der Waals surface area contributed by atoms with Crippen molar-refractivity contribution < 1.29 is 33.0 Å². The van der Waals surface area contributed by atoms with Crippen LogP contribution in [0.5, 0.6) is 0 Å². The SMILES string of the molecule is CC(C)n1nc(C(=O)N[C@@H]2CN[C@H](CN(C)S(C)(=O)=O)C2)c2ccccc21.O=C(O)C(=O)O. The average Bonchev–Trinajstić information content (AvgIpc) is 3.32. The molecule has 0 radical (unpaired) electrons. The van der Waals surface area contributed by atoms with Crippen molar-refractivity contribution in [3.05, 3.63) is 30.0 Å². The third kappa shape index (κ3) is 6.97. The number of fused-ring (bicyclic) bond motifs is 1. The highest BCUT2D eigenvalue weighted by atomic mass is 32.2. The maximum absolute atomic E-state index is 12.8. The Hall–Kier alpha value is -3.03. The van der Waals surface area contributed by atoms with Gasteiger partial charge in [0, 0.05) is 43.6 Å². The van der Waals surface area contributed by atoms with Crippen LogP contribution in [0.1, 0.15) is 36.8 Å². The van der Waals surface area contributed by atoms with E-state index in [-0.39, 0.29) is 24.0 Å². The van der Waals surface area contributed by atoms with E-state index >= 15 is 0 Å². The van der Waals surface area contributed by atoms with Crippen LogP contribution in [0.15, 0.2) is 24.3 Å². The van der Waals surface area contributed by atoms with Crippen LogP contribution in [0, 0.1) is 0 Å². The number of aliphatic carboxylic acids is 2. The Morgan fingerprint density at radius 2 is 1.85 bits per heavy atom. The number of carbonyl (C=O) groups excluding carboxylic acids is 1. The number of hydrogen-bond donors (Lipinski definition) is 4. The molecular weight excluding hydrogens is 454 g/mol. The summed E-state index contributed by atoms with van der Waals surface area (Å²) >= 11 is 0. The van der Waals surface area contributed by atoms with Crippen LogP contribution in [0.2, 0.25) is 0 Å². The van der Waals surface area contributed by atoms with Gasteiger partial charge in [-0.2, -0.15) is 5.10 Å². The zero-order valence-electron chi connectivity index (χ0n) is 18.8. The van der Waals surface area contributed by atoms with Crippen LogP contribution in [0.25, 0.3) is 10.9 Å². The standard InChI is InChI=1S/C18H27N5O3S.C2H2O4/c1-12(2)23-16-8-6-5-7-15(16)17(21-23)18(24)20-13-9-14(19-10-13)11-22(3)27(4,25)26;3-1(4)2(5)6/h5-8,12-14,19H,9-11H2,1-4H3,(H,20,24);(H,3,4)(H,5,6)/t13-,14-;/m0./s1. The summed E-state index contributed by atoms with van der Waals surface area (Å²) in [5.74, 6) is -3.85. The first-order valence-electron chi connectivity index (χ1n) is 10.2. The molecule has 0 unspecified atom stereocenters. The minimum Gasteiger partial charge on any atom is -0.473 e. The molecule has 1 aliphatic rings. The summed E-state index contributed by atoms with van der Waals surface area (Å²) in [7, 11) is -1.65. The Bertz CT molecular complexity index is 1120. The molecule has 182 valence electrons. The van der Waals surface area contributed by atoms with Gasteiger partial charge >= 0.3 is 11.9 Å². The number of amides is 1. The number of benzene rings is 1. The summed E-state index contributed by atoms with van der Waals surface area (Å²) in [6.07, 6.45) is 1.87. The first kappa shape index (κ1) is 26.2. The Morgan fingerprint density at radius 3 is 2.39 bits per heavy atom. The van der Waals surface area contributed by atoms with E-state index in [2.05, 4.69) is 15.7 Å². The zero-order chi connectivity index (χ0) is 24.9. The highest BCUT2D eigenvalue weighted by Gasteiger charge is 2.29. The van der Waals surface area contributed by atoms with Crippen molar-refractivity contribution in [3.8, 4) is 0 Å². The Labute approximate surface area is 191 Å². The van der Waals surface area contributed by atoms with E-state index in [1.807, 2.05) is 42.8 Å². The molecule has 2 atom stereocenters. The van der Waals surface area contributed by atoms with Gasteiger partial charge < -0.3 is 20.8 Å². The second-order valence-corrected chi connectivity index (χ2v) is 10.2. The molecule has 4 N–H and O–H groups in total. The predicted octanol–water partition coefficient (Wildman–Crippen LogP) is 0.125. The van der Waals surface area contributed by atoms with Crippen LogP contribution in [0.3, 0.4) is 0 Å². The van der Waals surface area contributed by atoms with Crippen molar-refractivity contribution in [2.75, 3.05) is 26.4 Å². The lowest BCUT2D eigenvalue weighted by Crippen LogP contribution is -2.38. The smallest absolute Gasteiger partial charge is 0.414 e. The van der Waals surface area contributed by atoms with Crippen LogP contribution in [-0.4, -0.2) is 89.0 Å². The Balaban J connectivity index is 0.000000569. The van der Waals surface area contributed by atoms with Crippen molar-refractivity contribution in [2.24, 2.45) is 0 Å². The molecule has 0 saturated carbocycles. The lowest BCUT2D eigenvalue weighted by atomic mass is 10.1. The Kier molecular flexibility index (Phi) is 8.52. The second-order valence-electron chi connectivity index (χ2n) is 8.07. The first-order chi connectivity index (χ1) is 15.3. The number of nitrogens with zero attached hydrogens (tertiary/aromatic N) is 3. The van der Waals surface area contributed by atoms with Gasteiger partial charge in [-0.25, -0.2) is 22.3 Å². The molecule has 1 saturated heterocycles. The Morgan fingerprint density at radius 1 is 1.24 bits per heavy atom. The van der Waals surface area contributed by atoms with Crippen LogP contribution < -0.4 is 10.6 Å². The van der Waals surface area contributed by atoms with E-state index < -0.39 is 22.0 Å². The van der Waals surface area contributed by atoms with Crippen molar-refractivity contribution in [3.63, 3.8) is 0 Å². The normalized spacial score (nSPS) is 18.2. The summed E-state index contributed by atoms with van der Waals surface area (Å²) in [6.45, 7) is 5.06. The minimum atomic E-state index is -3.21. The monoisotopic (exact) mass is 483 g/mol. The molecule has 1 amide bonds. The van der Waals surface area contributed by atoms with E-state index in [1.54, 1.807) is 7.05 Å². The van der Waals surface area contributed by atoms with E-state index in [4.69, 9.17) is 19.8 Å². The number of hydrogen-bond acceptors (Lipinski definition) is 7. The maximum atomic E-state index is 12.8. The van der Waals surface area contributed by atoms with Gasteiger partial charge in [0.05, 0.1) is 11.8 Å². The summed E-state index contributed by atoms with van der Waals surface area (Å²) in [5.41, 5.74) is 1.37. The number of likely N-dealkylation sites (N-methyl/N-ethyl adjacent to an activating group) is 1. The lowest BCUT2D eigenvalue weighted by molar-refractivity contribution is -0.159. The molecular formula is C20H29N5O7S. The number of carboxylic acid groups (broad SMARTS) is 2. The van der Waals surface area contributed by atoms with Gasteiger partial charge in [0.15, 0.2) is 5.69 Å². The third-order valence-corrected chi connectivity index (χ3v) is 6.38. The molecule has 1 aliphatic heterocycles.